The van der Waals surface area contributed by atoms with E-state index >= 15 is 0 Å². The Morgan fingerprint density at radius 2 is 2.00 bits per heavy atom. The van der Waals surface area contributed by atoms with Gasteiger partial charge in [-0.05, 0) is 63.2 Å². The van der Waals surface area contributed by atoms with Crippen LogP contribution in [0.25, 0.3) is 0 Å². The first-order chi connectivity index (χ1) is 7.98. The average Bonchev–Trinajstić information content (AvgIpc) is 2.53. The molecule has 0 spiro atoms. The number of aliphatic hydroxyl groups is 1. The Labute approximate surface area is 105 Å². The minimum atomic E-state index is -0.281. The van der Waals surface area contributed by atoms with E-state index in [9.17, 15) is 5.11 Å². The van der Waals surface area contributed by atoms with E-state index in [-0.39, 0.29) is 17.8 Å². The highest BCUT2D eigenvalue weighted by Gasteiger charge is 2.57. The number of fused-ring (bicyclic) bond motifs is 2. The van der Waals surface area contributed by atoms with Crippen molar-refractivity contribution >= 4 is 0 Å². The monoisotopic (exact) mass is 238 g/mol. The molecule has 98 valence electrons. The molecule has 4 fully saturated rings. The second-order valence-corrected chi connectivity index (χ2v) is 7.18. The SMILES string of the molecule is CC1CCC2C1CC1CCC2(C)OC1(C)CO. The summed E-state index contributed by atoms with van der Waals surface area (Å²) in [6.07, 6.45) is 6.42. The van der Waals surface area contributed by atoms with Gasteiger partial charge in [0.1, 0.15) is 0 Å². The third-order valence-electron chi connectivity index (χ3n) is 6.15. The first-order valence-corrected chi connectivity index (χ1v) is 7.29. The van der Waals surface area contributed by atoms with Gasteiger partial charge in [0.05, 0.1) is 17.8 Å². The first-order valence-electron chi connectivity index (χ1n) is 7.29. The van der Waals surface area contributed by atoms with Crippen LogP contribution in [-0.2, 0) is 4.74 Å². The van der Waals surface area contributed by atoms with Crippen LogP contribution in [-0.4, -0.2) is 22.9 Å². The molecular formula is C15H26O2. The molecule has 0 amide bonds. The lowest BCUT2D eigenvalue weighted by Crippen LogP contribution is -2.53. The number of aliphatic hydroxyl groups excluding tert-OH is 1. The molecule has 2 heteroatoms. The highest BCUT2D eigenvalue weighted by molar-refractivity contribution is 5.06. The van der Waals surface area contributed by atoms with Crippen LogP contribution in [0.15, 0.2) is 0 Å². The maximum absolute atomic E-state index is 9.72. The van der Waals surface area contributed by atoms with Crippen LogP contribution in [0.1, 0.15) is 52.9 Å². The van der Waals surface area contributed by atoms with Crippen LogP contribution in [0.2, 0.25) is 0 Å². The summed E-state index contributed by atoms with van der Waals surface area (Å²) < 4.78 is 6.45. The summed E-state index contributed by atoms with van der Waals surface area (Å²) in [6.45, 7) is 7.02. The third-order valence-corrected chi connectivity index (χ3v) is 6.15. The minimum Gasteiger partial charge on any atom is -0.393 e. The van der Waals surface area contributed by atoms with Gasteiger partial charge in [-0.25, -0.2) is 0 Å². The summed E-state index contributed by atoms with van der Waals surface area (Å²) in [5, 5.41) is 9.72. The largest absolute Gasteiger partial charge is 0.393 e. The quantitative estimate of drug-likeness (QED) is 0.761. The molecule has 2 saturated carbocycles. The zero-order chi connectivity index (χ0) is 12.3. The first kappa shape index (κ1) is 12.0. The van der Waals surface area contributed by atoms with Crippen LogP contribution in [0.5, 0.6) is 0 Å². The Bertz CT molecular complexity index is 316. The molecule has 6 atom stereocenters. The summed E-state index contributed by atoms with van der Waals surface area (Å²) in [6, 6.07) is 0. The molecule has 0 aromatic rings. The van der Waals surface area contributed by atoms with Crippen molar-refractivity contribution in [3.8, 4) is 0 Å². The molecule has 4 aliphatic rings. The molecule has 2 bridgehead atoms. The van der Waals surface area contributed by atoms with Crippen molar-refractivity contribution in [3.63, 3.8) is 0 Å². The summed E-state index contributed by atoms with van der Waals surface area (Å²) in [5.41, 5.74) is -0.253. The van der Waals surface area contributed by atoms with Gasteiger partial charge >= 0.3 is 0 Å². The van der Waals surface area contributed by atoms with E-state index < -0.39 is 0 Å². The lowest BCUT2D eigenvalue weighted by atomic mass is 9.78. The van der Waals surface area contributed by atoms with Crippen molar-refractivity contribution in [3.05, 3.63) is 0 Å². The summed E-state index contributed by atoms with van der Waals surface area (Å²) >= 11 is 0. The van der Waals surface area contributed by atoms with Crippen molar-refractivity contribution in [2.24, 2.45) is 23.7 Å². The molecule has 0 aromatic carbocycles. The van der Waals surface area contributed by atoms with Gasteiger partial charge in [-0.2, -0.15) is 0 Å². The van der Waals surface area contributed by atoms with Gasteiger partial charge in [0.2, 0.25) is 0 Å². The van der Waals surface area contributed by atoms with Crippen molar-refractivity contribution in [1.29, 1.82) is 0 Å². The molecule has 0 aromatic heterocycles. The maximum atomic E-state index is 9.72. The number of ether oxygens (including phenoxy) is 1. The fourth-order valence-corrected chi connectivity index (χ4v) is 4.97. The molecule has 2 aliphatic heterocycles. The standard InChI is InChI=1S/C15H26O2/c1-10-4-5-13-12(10)8-11-6-7-14(13,2)17-15(11,3)9-16/h10-13,16H,4-9H2,1-3H3. The molecule has 6 unspecified atom stereocenters. The summed E-state index contributed by atoms with van der Waals surface area (Å²) in [4.78, 5) is 0. The van der Waals surface area contributed by atoms with Gasteiger partial charge < -0.3 is 9.84 Å². The Balaban J connectivity index is 1.97. The zero-order valence-electron chi connectivity index (χ0n) is 11.4. The van der Waals surface area contributed by atoms with E-state index in [1.54, 1.807) is 0 Å². The average molecular weight is 238 g/mol. The van der Waals surface area contributed by atoms with Crippen LogP contribution >= 0.6 is 0 Å². The lowest BCUT2D eigenvalue weighted by Gasteiger charge is -2.48. The molecule has 2 aliphatic carbocycles. The van der Waals surface area contributed by atoms with Gasteiger partial charge in [-0.3, -0.25) is 0 Å². The third kappa shape index (κ3) is 1.60. The van der Waals surface area contributed by atoms with E-state index in [0.717, 1.165) is 17.8 Å². The normalized spacial score (nSPS) is 57.9. The van der Waals surface area contributed by atoms with E-state index in [1.165, 1.54) is 32.1 Å². The Hall–Kier alpha value is -0.0800. The van der Waals surface area contributed by atoms with Crippen LogP contribution < -0.4 is 0 Å². The fraction of sp³-hybridized carbons (Fsp3) is 1.00. The van der Waals surface area contributed by atoms with E-state index in [4.69, 9.17) is 4.74 Å². The predicted molar refractivity (Wildman–Crippen MR) is 67.7 cm³/mol. The summed E-state index contributed by atoms with van der Waals surface area (Å²) in [5.74, 6) is 2.98. The van der Waals surface area contributed by atoms with Crippen LogP contribution in [0.3, 0.4) is 0 Å². The van der Waals surface area contributed by atoms with Gasteiger partial charge in [0.25, 0.3) is 0 Å². The Morgan fingerprint density at radius 3 is 2.71 bits per heavy atom. The van der Waals surface area contributed by atoms with Gasteiger partial charge in [-0.1, -0.05) is 13.3 Å². The molecule has 2 saturated heterocycles. The fourth-order valence-electron chi connectivity index (χ4n) is 4.97. The molecule has 0 radical (unpaired) electrons. The van der Waals surface area contributed by atoms with Crippen molar-refractivity contribution in [1.82, 2.24) is 0 Å². The van der Waals surface area contributed by atoms with Gasteiger partial charge in [0, 0.05) is 0 Å². The lowest BCUT2D eigenvalue weighted by molar-refractivity contribution is -0.221. The number of rotatable bonds is 1. The topological polar surface area (TPSA) is 29.5 Å². The second kappa shape index (κ2) is 3.71. The molecule has 1 N–H and O–H groups in total. The molecule has 4 rings (SSSR count). The predicted octanol–water partition coefficient (Wildman–Crippen LogP) is 2.99. The van der Waals surface area contributed by atoms with E-state index in [1.807, 2.05) is 0 Å². The van der Waals surface area contributed by atoms with Gasteiger partial charge in [-0.15, -0.1) is 0 Å². The Kier molecular flexibility index (Phi) is 2.61. The van der Waals surface area contributed by atoms with Crippen molar-refractivity contribution in [2.45, 2.75) is 64.1 Å². The van der Waals surface area contributed by atoms with Crippen LogP contribution in [0.4, 0.5) is 0 Å². The van der Waals surface area contributed by atoms with Crippen molar-refractivity contribution < 1.29 is 9.84 Å². The minimum absolute atomic E-state index is 0.0277. The van der Waals surface area contributed by atoms with Gasteiger partial charge in [0.15, 0.2) is 0 Å². The smallest absolute Gasteiger partial charge is 0.0919 e. The van der Waals surface area contributed by atoms with E-state index in [2.05, 4.69) is 20.8 Å². The zero-order valence-corrected chi connectivity index (χ0v) is 11.4. The van der Waals surface area contributed by atoms with Crippen LogP contribution in [0, 0.1) is 23.7 Å². The van der Waals surface area contributed by atoms with E-state index in [0.29, 0.717) is 5.92 Å². The molecular weight excluding hydrogens is 212 g/mol. The highest BCUT2D eigenvalue weighted by Crippen LogP contribution is 2.58. The Morgan fingerprint density at radius 1 is 1.24 bits per heavy atom. The second-order valence-electron chi connectivity index (χ2n) is 7.18. The highest BCUT2D eigenvalue weighted by atomic mass is 16.5. The number of hydrogen-bond donors (Lipinski definition) is 1. The maximum Gasteiger partial charge on any atom is 0.0919 e. The van der Waals surface area contributed by atoms with Crippen molar-refractivity contribution in [2.75, 3.05) is 6.61 Å². The molecule has 2 nitrogen and oxygen atoms in total. The molecule has 17 heavy (non-hydrogen) atoms. The number of hydrogen-bond acceptors (Lipinski definition) is 2. The summed E-state index contributed by atoms with van der Waals surface area (Å²) in [7, 11) is 0. The molecule has 2 heterocycles.